The third kappa shape index (κ3) is 51.4. The van der Waals surface area contributed by atoms with Crippen molar-refractivity contribution in [3.05, 3.63) is 0 Å². The molecule has 0 saturated carbocycles. The molecule has 0 saturated heterocycles. The summed E-state index contributed by atoms with van der Waals surface area (Å²) >= 11 is 0. The summed E-state index contributed by atoms with van der Waals surface area (Å²) in [5.74, 6) is -0.856. The van der Waals surface area contributed by atoms with Gasteiger partial charge in [-0.2, -0.15) is 0 Å². The number of carbonyl (C=O) groups excluding carboxylic acids is 3. The topological polar surface area (TPSA) is 78.9 Å². The molecule has 0 aromatic heterocycles. The van der Waals surface area contributed by atoms with Crippen molar-refractivity contribution < 1.29 is 28.6 Å². The highest BCUT2D eigenvalue weighted by Crippen LogP contribution is 2.18. The first-order valence-electron chi connectivity index (χ1n) is 29.0. The van der Waals surface area contributed by atoms with Gasteiger partial charge in [0.15, 0.2) is 6.10 Å². The van der Waals surface area contributed by atoms with Gasteiger partial charge >= 0.3 is 17.9 Å². The van der Waals surface area contributed by atoms with Crippen molar-refractivity contribution in [2.75, 3.05) is 13.2 Å². The number of esters is 3. The zero-order chi connectivity index (χ0) is 46.5. The minimum atomic E-state index is -0.758. The smallest absolute Gasteiger partial charge is 0.306 e. The predicted octanol–water partition coefficient (Wildman–Crippen LogP) is 19.2. The van der Waals surface area contributed by atoms with Gasteiger partial charge in [0.2, 0.25) is 0 Å². The molecule has 6 heteroatoms. The fraction of sp³-hybridized carbons (Fsp3) is 0.948. The summed E-state index contributed by atoms with van der Waals surface area (Å²) in [5, 5.41) is 0. The highest BCUT2D eigenvalue weighted by molar-refractivity contribution is 5.71. The molecule has 1 unspecified atom stereocenters. The SMILES string of the molecule is CCCCCCCCCCCCCCCCCCCCCCCCCCCCCCCCCC(=O)OCC(COC(=O)CCCCCCCCC)OC(=O)CCCCCCCCCC. The summed E-state index contributed by atoms with van der Waals surface area (Å²) < 4.78 is 16.7. The van der Waals surface area contributed by atoms with E-state index in [0.717, 1.165) is 57.8 Å². The first-order chi connectivity index (χ1) is 31.5. The van der Waals surface area contributed by atoms with Gasteiger partial charge in [0.05, 0.1) is 0 Å². The van der Waals surface area contributed by atoms with Gasteiger partial charge in [-0.05, 0) is 19.3 Å². The fourth-order valence-corrected chi connectivity index (χ4v) is 8.98. The lowest BCUT2D eigenvalue weighted by Crippen LogP contribution is -2.30. The Bertz CT molecular complexity index is 951. The van der Waals surface area contributed by atoms with E-state index in [1.807, 2.05) is 0 Å². The Morgan fingerprint density at radius 3 is 0.625 bits per heavy atom. The summed E-state index contributed by atoms with van der Waals surface area (Å²) in [6.45, 7) is 6.61. The second kappa shape index (κ2) is 54.0. The Morgan fingerprint density at radius 2 is 0.422 bits per heavy atom. The molecule has 0 amide bonds. The van der Waals surface area contributed by atoms with Crippen LogP contribution in [0.1, 0.15) is 335 Å². The first-order valence-corrected chi connectivity index (χ1v) is 29.0. The van der Waals surface area contributed by atoms with Crippen molar-refractivity contribution >= 4 is 17.9 Å². The van der Waals surface area contributed by atoms with Gasteiger partial charge in [-0.1, -0.05) is 297 Å². The Kier molecular flexibility index (Phi) is 52.7. The standard InChI is InChI=1S/C58H112O6/c1-4-7-10-13-16-18-19-20-21-22-23-24-25-26-27-28-29-30-31-32-33-34-35-36-37-38-39-40-43-45-48-51-57(60)63-54-55(53-62-56(59)50-47-44-41-15-12-9-6-3)64-58(61)52-49-46-42-17-14-11-8-5-2/h55H,4-54H2,1-3H3. The van der Waals surface area contributed by atoms with Gasteiger partial charge in [-0.15, -0.1) is 0 Å². The lowest BCUT2D eigenvalue weighted by atomic mass is 10.0. The summed E-state index contributed by atoms with van der Waals surface area (Å²) in [6.07, 6.45) is 60.2. The third-order valence-corrected chi connectivity index (χ3v) is 13.4. The number of rotatable bonds is 54. The molecular weight excluding hydrogens is 793 g/mol. The molecule has 64 heavy (non-hydrogen) atoms. The zero-order valence-electron chi connectivity index (χ0n) is 43.6. The van der Waals surface area contributed by atoms with Crippen LogP contribution in [-0.2, 0) is 28.6 Å². The Morgan fingerprint density at radius 1 is 0.250 bits per heavy atom. The zero-order valence-corrected chi connectivity index (χ0v) is 43.6. The summed E-state index contributed by atoms with van der Waals surface area (Å²) in [7, 11) is 0. The van der Waals surface area contributed by atoms with E-state index in [0.29, 0.717) is 19.3 Å². The van der Waals surface area contributed by atoms with Crippen LogP contribution < -0.4 is 0 Å². The molecule has 1 atom stereocenters. The van der Waals surface area contributed by atoms with Crippen molar-refractivity contribution in [1.29, 1.82) is 0 Å². The third-order valence-electron chi connectivity index (χ3n) is 13.4. The van der Waals surface area contributed by atoms with Crippen LogP contribution in [0.2, 0.25) is 0 Å². The molecule has 0 aliphatic carbocycles. The maximum absolute atomic E-state index is 12.7. The van der Waals surface area contributed by atoms with Crippen molar-refractivity contribution in [3.63, 3.8) is 0 Å². The Hall–Kier alpha value is -1.59. The minimum Gasteiger partial charge on any atom is -0.462 e. The average Bonchev–Trinajstić information content (AvgIpc) is 3.29. The lowest BCUT2D eigenvalue weighted by Gasteiger charge is -2.18. The minimum absolute atomic E-state index is 0.0632. The largest absolute Gasteiger partial charge is 0.462 e. The molecule has 0 aliphatic heterocycles. The van der Waals surface area contributed by atoms with Crippen LogP contribution in [0.4, 0.5) is 0 Å². The highest BCUT2D eigenvalue weighted by Gasteiger charge is 2.19. The molecule has 0 aromatic carbocycles. The van der Waals surface area contributed by atoms with Crippen molar-refractivity contribution in [1.82, 2.24) is 0 Å². The molecule has 0 spiro atoms. The quantitative estimate of drug-likeness (QED) is 0.0344. The molecule has 0 rings (SSSR count). The van der Waals surface area contributed by atoms with Crippen molar-refractivity contribution in [3.8, 4) is 0 Å². The van der Waals surface area contributed by atoms with E-state index in [1.54, 1.807) is 0 Å². The molecule has 0 bridgehead atoms. The Labute approximate surface area is 399 Å². The number of ether oxygens (including phenoxy) is 3. The van der Waals surface area contributed by atoms with Gasteiger partial charge in [-0.25, -0.2) is 0 Å². The van der Waals surface area contributed by atoms with E-state index in [2.05, 4.69) is 20.8 Å². The molecule has 380 valence electrons. The van der Waals surface area contributed by atoms with Crippen LogP contribution in [0.5, 0.6) is 0 Å². The van der Waals surface area contributed by atoms with Crippen molar-refractivity contribution in [2.24, 2.45) is 0 Å². The van der Waals surface area contributed by atoms with E-state index in [4.69, 9.17) is 14.2 Å². The second-order valence-electron chi connectivity index (χ2n) is 19.9. The Balaban J connectivity index is 3.82. The molecule has 0 aromatic rings. The van der Waals surface area contributed by atoms with Crippen LogP contribution in [-0.4, -0.2) is 37.2 Å². The number of hydrogen-bond donors (Lipinski definition) is 0. The van der Waals surface area contributed by atoms with Crippen LogP contribution in [0.15, 0.2) is 0 Å². The van der Waals surface area contributed by atoms with Crippen LogP contribution >= 0.6 is 0 Å². The van der Waals surface area contributed by atoms with Crippen LogP contribution in [0.25, 0.3) is 0 Å². The molecular formula is C58H112O6. The maximum Gasteiger partial charge on any atom is 0.306 e. The average molecular weight is 906 g/mol. The van der Waals surface area contributed by atoms with Gasteiger partial charge in [0.25, 0.3) is 0 Å². The summed E-state index contributed by atoms with van der Waals surface area (Å²) in [5.41, 5.74) is 0. The monoisotopic (exact) mass is 905 g/mol. The van der Waals surface area contributed by atoms with E-state index in [9.17, 15) is 14.4 Å². The first kappa shape index (κ1) is 62.4. The van der Waals surface area contributed by atoms with Crippen LogP contribution in [0, 0.1) is 0 Å². The molecule has 0 heterocycles. The molecule has 0 N–H and O–H groups in total. The van der Waals surface area contributed by atoms with Crippen molar-refractivity contribution in [2.45, 2.75) is 341 Å². The van der Waals surface area contributed by atoms with E-state index in [1.165, 1.54) is 238 Å². The van der Waals surface area contributed by atoms with E-state index in [-0.39, 0.29) is 31.1 Å². The number of hydrogen-bond acceptors (Lipinski definition) is 6. The van der Waals surface area contributed by atoms with E-state index < -0.39 is 6.10 Å². The lowest BCUT2D eigenvalue weighted by molar-refractivity contribution is -0.167. The number of carbonyl (C=O) groups is 3. The summed E-state index contributed by atoms with van der Waals surface area (Å²) in [4.78, 5) is 37.6. The van der Waals surface area contributed by atoms with E-state index >= 15 is 0 Å². The fourth-order valence-electron chi connectivity index (χ4n) is 8.98. The normalized spacial score (nSPS) is 11.9. The van der Waals surface area contributed by atoms with Gasteiger partial charge in [-0.3, -0.25) is 14.4 Å². The van der Waals surface area contributed by atoms with Gasteiger partial charge < -0.3 is 14.2 Å². The van der Waals surface area contributed by atoms with Gasteiger partial charge in [0.1, 0.15) is 13.2 Å². The molecule has 6 nitrogen and oxygen atoms in total. The maximum atomic E-state index is 12.7. The molecule has 0 aliphatic rings. The second-order valence-corrected chi connectivity index (χ2v) is 19.9. The molecule has 0 radical (unpaired) electrons. The number of unbranched alkanes of at least 4 members (excludes halogenated alkanes) is 43. The predicted molar refractivity (Wildman–Crippen MR) is 275 cm³/mol. The highest BCUT2D eigenvalue weighted by atomic mass is 16.6. The molecule has 0 fully saturated rings. The summed E-state index contributed by atoms with van der Waals surface area (Å²) in [6, 6.07) is 0. The van der Waals surface area contributed by atoms with Crippen LogP contribution in [0.3, 0.4) is 0 Å². The van der Waals surface area contributed by atoms with Gasteiger partial charge in [0, 0.05) is 19.3 Å².